The summed E-state index contributed by atoms with van der Waals surface area (Å²) >= 11 is 3.11. The van der Waals surface area contributed by atoms with Gasteiger partial charge in [0.1, 0.15) is 0 Å². The molecule has 2 heterocycles. The van der Waals surface area contributed by atoms with Crippen LogP contribution in [-0.2, 0) is 23.1 Å². The van der Waals surface area contributed by atoms with E-state index in [0.29, 0.717) is 17.5 Å². The molecule has 1 fully saturated rings. The van der Waals surface area contributed by atoms with Crippen LogP contribution in [0.4, 0.5) is 0 Å². The lowest BCUT2D eigenvalue weighted by atomic mass is 10.4. The van der Waals surface area contributed by atoms with Crippen LogP contribution in [0.2, 0.25) is 0 Å². The van der Waals surface area contributed by atoms with Gasteiger partial charge in [-0.15, -0.1) is 22.7 Å². The fourth-order valence-electron chi connectivity index (χ4n) is 1.96. The van der Waals surface area contributed by atoms with Crippen molar-refractivity contribution in [2.75, 3.05) is 0 Å². The van der Waals surface area contributed by atoms with Crippen LogP contribution in [0.25, 0.3) is 0 Å². The number of aryl methyl sites for hydroxylation is 1. The SMILES string of the molecule is Cc1ccc(CNS(=O)(=O)c2csc(CNC3CC3)c2)s1. The van der Waals surface area contributed by atoms with Gasteiger partial charge >= 0.3 is 0 Å². The van der Waals surface area contributed by atoms with E-state index in [9.17, 15) is 8.42 Å². The molecule has 114 valence electrons. The first-order valence-electron chi connectivity index (χ1n) is 6.89. The Morgan fingerprint density at radius 3 is 2.71 bits per heavy atom. The first-order valence-corrected chi connectivity index (χ1v) is 10.1. The molecule has 0 radical (unpaired) electrons. The summed E-state index contributed by atoms with van der Waals surface area (Å²) in [6.45, 7) is 3.13. The number of thiophene rings is 2. The maximum Gasteiger partial charge on any atom is 0.241 e. The van der Waals surface area contributed by atoms with Crippen molar-refractivity contribution in [3.63, 3.8) is 0 Å². The van der Waals surface area contributed by atoms with Crippen molar-refractivity contribution in [1.82, 2.24) is 10.0 Å². The average Bonchev–Trinajstić information content (AvgIpc) is 2.97. The van der Waals surface area contributed by atoms with Crippen LogP contribution < -0.4 is 10.0 Å². The van der Waals surface area contributed by atoms with Gasteiger partial charge in [0.25, 0.3) is 0 Å². The fraction of sp³-hybridized carbons (Fsp3) is 0.429. The summed E-state index contributed by atoms with van der Waals surface area (Å²) in [7, 11) is -3.41. The van der Waals surface area contributed by atoms with Gasteiger partial charge in [-0.1, -0.05) is 0 Å². The molecule has 0 aliphatic heterocycles. The second-order valence-corrected chi connectivity index (χ2v) is 9.38. The monoisotopic (exact) mass is 342 g/mol. The Labute approximate surface area is 133 Å². The number of hydrogen-bond acceptors (Lipinski definition) is 5. The molecule has 2 N–H and O–H groups in total. The van der Waals surface area contributed by atoms with Crippen LogP contribution in [0.5, 0.6) is 0 Å². The highest BCUT2D eigenvalue weighted by Crippen LogP contribution is 2.23. The van der Waals surface area contributed by atoms with Crippen molar-refractivity contribution in [2.24, 2.45) is 0 Å². The highest BCUT2D eigenvalue weighted by atomic mass is 32.2. The van der Waals surface area contributed by atoms with Crippen molar-refractivity contribution in [3.05, 3.63) is 38.2 Å². The topological polar surface area (TPSA) is 58.2 Å². The molecule has 1 aliphatic rings. The number of rotatable bonds is 7. The first-order chi connectivity index (χ1) is 10.0. The molecule has 0 aromatic carbocycles. The van der Waals surface area contributed by atoms with Crippen molar-refractivity contribution in [1.29, 1.82) is 0 Å². The van der Waals surface area contributed by atoms with E-state index in [4.69, 9.17) is 0 Å². The van der Waals surface area contributed by atoms with Gasteiger partial charge in [-0.2, -0.15) is 0 Å². The molecule has 1 saturated carbocycles. The molecule has 0 unspecified atom stereocenters. The van der Waals surface area contributed by atoms with Crippen LogP contribution >= 0.6 is 22.7 Å². The molecule has 0 bridgehead atoms. The zero-order valence-corrected chi connectivity index (χ0v) is 14.2. The highest BCUT2D eigenvalue weighted by Gasteiger charge is 2.21. The second kappa shape index (κ2) is 6.18. The van der Waals surface area contributed by atoms with Crippen molar-refractivity contribution < 1.29 is 8.42 Å². The molecule has 2 aromatic rings. The van der Waals surface area contributed by atoms with Crippen molar-refractivity contribution in [2.45, 2.75) is 43.8 Å². The molecule has 3 rings (SSSR count). The third-order valence-electron chi connectivity index (χ3n) is 3.31. The van der Waals surface area contributed by atoms with Gasteiger partial charge < -0.3 is 5.32 Å². The molecule has 21 heavy (non-hydrogen) atoms. The molecule has 2 aromatic heterocycles. The summed E-state index contributed by atoms with van der Waals surface area (Å²) in [5.74, 6) is 0. The Morgan fingerprint density at radius 1 is 1.24 bits per heavy atom. The standard InChI is InChI=1S/C14H18N2O2S3/c1-10-2-5-12(20-10)8-16-21(17,18)14-6-13(19-9-14)7-15-11-3-4-11/h2,5-6,9,11,15-16H,3-4,7-8H2,1H3. The molecule has 0 saturated heterocycles. The van der Waals surface area contributed by atoms with Crippen LogP contribution in [-0.4, -0.2) is 14.5 Å². The number of nitrogens with one attached hydrogen (secondary N) is 2. The maximum absolute atomic E-state index is 12.3. The van der Waals surface area contributed by atoms with Crippen molar-refractivity contribution >= 4 is 32.7 Å². The Morgan fingerprint density at radius 2 is 2.05 bits per heavy atom. The second-order valence-electron chi connectivity index (χ2n) is 5.24. The number of sulfonamides is 1. The Hall–Kier alpha value is -0.730. The summed E-state index contributed by atoms with van der Waals surface area (Å²) in [5, 5.41) is 5.11. The predicted octanol–water partition coefficient (Wildman–Crippen LogP) is 2.85. The molecule has 7 heteroatoms. The summed E-state index contributed by atoms with van der Waals surface area (Å²) in [5.41, 5.74) is 0. The Balaban J connectivity index is 1.60. The van der Waals surface area contributed by atoms with Crippen LogP contribution in [0.3, 0.4) is 0 Å². The third-order valence-corrected chi connectivity index (χ3v) is 6.78. The third kappa shape index (κ3) is 4.14. The lowest BCUT2D eigenvalue weighted by Gasteiger charge is -2.03. The van der Waals surface area contributed by atoms with Gasteiger partial charge in [-0.05, 0) is 38.0 Å². The van der Waals surface area contributed by atoms with Gasteiger partial charge in [0.05, 0.1) is 4.90 Å². The number of hydrogen-bond donors (Lipinski definition) is 2. The van der Waals surface area contributed by atoms with Crippen LogP contribution in [0, 0.1) is 6.92 Å². The van der Waals surface area contributed by atoms with Gasteiger partial charge in [-0.25, -0.2) is 13.1 Å². The normalized spacial score (nSPS) is 15.5. The average molecular weight is 343 g/mol. The first kappa shape index (κ1) is 15.2. The summed E-state index contributed by atoms with van der Waals surface area (Å²) in [4.78, 5) is 3.65. The van der Waals surface area contributed by atoms with E-state index >= 15 is 0 Å². The maximum atomic E-state index is 12.3. The minimum Gasteiger partial charge on any atom is -0.309 e. The molecule has 0 spiro atoms. The van der Waals surface area contributed by atoms with E-state index in [-0.39, 0.29) is 0 Å². The van der Waals surface area contributed by atoms with Gasteiger partial charge in [0.2, 0.25) is 10.0 Å². The Kier molecular flexibility index (Phi) is 4.46. The van der Waals surface area contributed by atoms with E-state index in [2.05, 4.69) is 10.0 Å². The smallest absolute Gasteiger partial charge is 0.241 e. The fourth-order valence-corrected chi connectivity index (χ4v) is 5.11. The molecule has 4 nitrogen and oxygen atoms in total. The molecule has 0 atom stereocenters. The van der Waals surface area contributed by atoms with E-state index in [1.807, 2.05) is 19.1 Å². The summed E-state index contributed by atoms with van der Waals surface area (Å²) in [6, 6.07) is 6.36. The van der Waals surface area contributed by atoms with Gasteiger partial charge in [0.15, 0.2) is 0 Å². The Bertz CT molecular complexity index is 714. The van der Waals surface area contributed by atoms with E-state index < -0.39 is 10.0 Å². The minimum atomic E-state index is -3.41. The summed E-state index contributed by atoms with van der Waals surface area (Å²) in [6.07, 6.45) is 2.47. The molecular formula is C14H18N2O2S3. The lowest BCUT2D eigenvalue weighted by molar-refractivity contribution is 0.582. The van der Waals surface area contributed by atoms with E-state index in [0.717, 1.165) is 16.3 Å². The molecule has 1 aliphatic carbocycles. The van der Waals surface area contributed by atoms with Crippen LogP contribution in [0.1, 0.15) is 27.5 Å². The highest BCUT2D eigenvalue weighted by molar-refractivity contribution is 7.89. The van der Waals surface area contributed by atoms with E-state index in [1.54, 1.807) is 22.8 Å². The molecular weight excluding hydrogens is 324 g/mol. The van der Waals surface area contributed by atoms with Gasteiger partial charge in [0, 0.05) is 39.1 Å². The van der Waals surface area contributed by atoms with Gasteiger partial charge in [-0.3, -0.25) is 0 Å². The summed E-state index contributed by atoms with van der Waals surface area (Å²) < 4.78 is 27.2. The lowest BCUT2D eigenvalue weighted by Crippen LogP contribution is -2.22. The minimum absolute atomic E-state index is 0.354. The predicted molar refractivity (Wildman–Crippen MR) is 87.3 cm³/mol. The van der Waals surface area contributed by atoms with Crippen molar-refractivity contribution in [3.8, 4) is 0 Å². The largest absolute Gasteiger partial charge is 0.309 e. The van der Waals surface area contributed by atoms with E-state index in [1.165, 1.54) is 29.1 Å². The zero-order chi connectivity index (χ0) is 14.9. The van der Waals surface area contributed by atoms with Crippen LogP contribution in [0.15, 0.2) is 28.5 Å². The quantitative estimate of drug-likeness (QED) is 0.813. The molecule has 0 amide bonds. The zero-order valence-electron chi connectivity index (χ0n) is 11.8.